The molecule has 2 rings (SSSR count). The molecule has 1 atom stereocenters. The first-order valence-corrected chi connectivity index (χ1v) is 6.06. The van der Waals surface area contributed by atoms with Crippen LogP contribution in [0.2, 0.25) is 0 Å². The molecule has 0 heterocycles. The summed E-state index contributed by atoms with van der Waals surface area (Å²) in [5.74, 6) is 0.0416. The standard InChI is InChI=1S/C15H15F2NO2/c1-9(12-7-10(16)3-6-15(12)19-2)20-11-4-5-13(17)14(18)8-11/h3-9H,18H2,1-2H3. The van der Waals surface area contributed by atoms with Crippen LogP contribution in [-0.4, -0.2) is 7.11 Å². The summed E-state index contributed by atoms with van der Waals surface area (Å²) >= 11 is 0. The Hall–Kier alpha value is -2.30. The van der Waals surface area contributed by atoms with Gasteiger partial charge in [0.1, 0.15) is 29.2 Å². The maximum atomic E-state index is 13.3. The van der Waals surface area contributed by atoms with Crippen LogP contribution in [0, 0.1) is 11.6 Å². The zero-order valence-electron chi connectivity index (χ0n) is 11.2. The van der Waals surface area contributed by atoms with Crippen molar-refractivity contribution in [1.82, 2.24) is 0 Å². The number of ether oxygens (including phenoxy) is 2. The Morgan fingerprint density at radius 3 is 2.50 bits per heavy atom. The van der Waals surface area contributed by atoms with Crippen LogP contribution in [0.3, 0.4) is 0 Å². The van der Waals surface area contributed by atoms with E-state index in [-0.39, 0.29) is 11.5 Å². The Morgan fingerprint density at radius 2 is 1.85 bits per heavy atom. The minimum Gasteiger partial charge on any atom is -0.496 e. The molecule has 0 aromatic heterocycles. The lowest BCUT2D eigenvalue weighted by Gasteiger charge is -2.18. The van der Waals surface area contributed by atoms with Crippen LogP contribution < -0.4 is 15.2 Å². The number of hydrogen-bond acceptors (Lipinski definition) is 3. The van der Waals surface area contributed by atoms with Crippen molar-refractivity contribution in [2.75, 3.05) is 12.8 Å². The number of anilines is 1. The van der Waals surface area contributed by atoms with Crippen LogP contribution in [-0.2, 0) is 0 Å². The summed E-state index contributed by atoms with van der Waals surface area (Å²) in [5, 5.41) is 0. The Kier molecular flexibility index (Phi) is 4.08. The second-order valence-corrected chi connectivity index (χ2v) is 4.33. The Bertz CT molecular complexity index is 617. The second-order valence-electron chi connectivity index (χ2n) is 4.33. The summed E-state index contributed by atoms with van der Waals surface area (Å²) in [5.41, 5.74) is 6.04. The summed E-state index contributed by atoms with van der Waals surface area (Å²) < 4.78 is 37.2. The van der Waals surface area contributed by atoms with Crippen LogP contribution in [0.25, 0.3) is 0 Å². The van der Waals surface area contributed by atoms with E-state index in [2.05, 4.69) is 0 Å². The van der Waals surface area contributed by atoms with E-state index in [9.17, 15) is 8.78 Å². The van der Waals surface area contributed by atoms with Gasteiger partial charge in [0.2, 0.25) is 0 Å². The van der Waals surface area contributed by atoms with Crippen molar-refractivity contribution in [3.05, 3.63) is 53.6 Å². The zero-order chi connectivity index (χ0) is 14.7. The second kappa shape index (κ2) is 5.77. The summed E-state index contributed by atoms with van der Waals surface area (Å²) in [6.45, 7) is 1.75. The molecule has 0 fully saturated rings. The number of halogens is 2. The van der Waals surface area contributed by atoms with Crippen molar-refractivity contribution in [3.8, 4) is 11.5 Å². The van der Waals surface area contributed by atoms with E-state index < -0.39 is 11.9 Å². The minimum atomic E-state index is -0.506. The van der Waals surface area contributed by atoms with Gasteiger partial charge in [-0.05, 0) is 37.3 Å². The first-order chi connectivity index (χ1) is 9.51. The number of nitrogens with two attached hydrogens (primary N) is 1. The molecule has 0 saturated heterocycles. The van der Waals surface area contributed by atoms with Gasteiger partial charge in [-0.25, -0.2) is 8.78 Å². The van der Waals surface area contributed by atoms with Crippen molar-refractivity contribution in [2.24, 2.45) is 0 Å². The van der Waals surface area contributed by atoms with Crippen molar-refractivity contribution in [2.45, 2.75) is 13.0 Å². The molecule has 2 aromatic carbocycles. The van der Waals surface area contributed by atoms with E-state index in [1.165, 1.54) is 43.5 Å². The SMILES string of the molecule is COc1ccc(F)cc1C(C)Oc1ccc(F)c(N)c1. The molecular formula is C15H15F2NO2. The van der Waals surface area contributed by atoms with E-state index in [0.717, 1.165) is 0 Å². The van der Waals surface area contributed by atoms with Gasteiger partial charge in [0, 0.05) is 11.6 Å². The molecule has 0 saturated carbocycles. The third-order valence-electron chi connectivity index (χ3n) is 2.91. The maximum absolute atomic E-state index is 13.3. The average molecular weight is 279 g/mol. The number of hydrogen-bond donors (Lipinski definition) is 1. The summed E-state index contributed by atoms with van der Waals surface area (Å²) in [7, 11) is 1.50. The Labute approximate surface area is 115 Å². The molecule has 0 aliphatic rings. The number of rotatable bonds is 4. The molecule has 2 N–H and O–H groups in total. The zero-order valence-corrected chi connectivity index (χ0v) is 11.2. The molecule has 0 bridgehead atoms. The lowest BCUT2D eigenvalue weighted by molar-refractivity contribution is 0.220. The average Bonchev–Trinajstić information content (AvgIpc) is 2.43. The van der Waals surface area contributed by atoms with Gasteiger partial charge in [0.25, 0.3) is 0 Å². The molecular weight excluding hydrogens is 264 g/mol. The molecule has 0 amide bonds. The normalized spacial score (nSPS) is 12.0. The van der Waals surface area contributed by atoms with Gasteiger partial charge in [-0.3, -0.25) is 0 Å². The van der Waals surface area contributed by atoms with E-state index in [1.807, 2.05) is 0 Å². The summed E-state index contributed by atoms with van der Waals surface area (Å²) in [6, 6.07) is 8.26. The molecule has 0 spiro atoms. The highest BCUT2D eigenvalue weighted by molar-refractivity contribution is 5.45. The van der Waals surface area contributed by atoms with Gasteiger partial charge in [-0.2, -0.15) is 0 Å². The molecule has 2 aromatic rings. The van der Waals surface area contributed by atoms with Gasteiger partial charge < -0.3 is 15.2 Å². The van der Waals surface area contributed by atoms with Crippen molar-refractivity contribution < 1.29 is 18.3 Å². The van der Waals surface area contributed by atoms with Gasteiger partial charge in [-0.1, -0.05) is 0 Å². The van der Waals surface area contributed by atoms with Gasteiger partial charge in [0.15, 0.2) is 0 Å². The fourth-order valence-corrected chi connectivity index (χ4v) is 1.89. The molecule has 0 radical (unpaired) electrons. The molecule has 3 nitrogen and oxygen atoms in total. The highest BCUT2D eigenvalue weighted by Gasteiger charge is 2.14. The number of methoxy groups -OCH3 is 1. The van der Waals surface area contributed by atoms with Gasteiger partial charge >= 0.3 is 0 Å². The lowest BCUT2D eigenvalue weighted by atomic mass is 10.1. The molecule has 5 heteroatoms. The van der Waals surface area contributed by atoms with Crippen LogP contribution in [0.4, 0.5) is 14.5 Å². The van der Waals surface area contributed by atoms with Crippen molar-refractivity contribution in [3.63, 3.8) is 0 Å². The van der Waals surface area contributed by atoms with Crippen LogP contribution in [0.1, 0.15) is 18.6 Å². The Balaban J connectivity index is 2.25. The highest BCUT2D eigenvalue weighted by Crippen LogP contribution is 2.30. The fraction of sp³-hybridized carbons (Fsp3) is 0.200. The van der Waals surface area contributed by atoms with E-state index in [1.54, 1.807) is 6.92 Å². The quantitative estimate of drug-likeness (QED) is 0.868. The number of nitrogen functional groups attached to an aromatic ring is 1. The van der Waals surface area contributed by atoms with Crippen LogP contribution >= 0.6 is 0 Å². The van der Waals surface area contributed by atoms with Gasteiger partial charge in [0.05, 0.1) is 12.8 Å². The van der Waals surface area contributed by atoms with Crippen LogP contribution in [0.15, 0.2) is 36.4 Å². The largest absolute Gasteiger partial charge is 0.496 e. The molecule has 0 aliphatic heterocycles. The first kappa shape index (κ1) is 14.1. The first-order valence-electron chi connectivity index (χ1n) is 6.06. The van der Waals surface area contributed by atoms with E-state index in [0.29, 0.717) is 17.1 Å². The lowest BCUT2D eigenvalue weighted by Crippen LogP contribution is -2.06. The third-order valence-corrected chi connectivity index (χ3v) is 2.91. The predicted molar refractivity (Wildman–Crippen MR) is 72.8 cm³/mol. The molecule has 0 aliphatic carbocycles. The molecule has 106 valence electrons. The fourth-order valence-electron chi connectivity index (χ4n) is 1.89. The maximum Gasteiger partial charge on any atom is 0.146 e. The topological polar surface area (TPSA) is 44.5 Å². The predicted octanol–water partition coefficient (Wildman–Crippen LogP) is 3.70. The molecule has 1 unspecified atom stereocenters. The smallest absolute Gasteiger partial charge is 0.146 e. The Morgan fingerprint density at radius 1 is 1.10 bits per heavy atom. The van der Waals surface area contributed by atoms with Gasteiger partial charge in [-0.15, -0.1) is 0 Å². The van der Waals surface area contributed by atoms with Crippen molar-refractivity contribution in [1.29, 1.82) is 0 Å². The van der Waals surface area contributed by atoms with Crippen LogP contribution in [0.5, 0.6) is 11.5 Å². The minimum absolute atomic E-state index is 0.000840. The van der Waals surface area contributed by atoms with E-state index in [4.69, 9.17) is 15.2 Å². The summed E-state index contributed by atoms with van der Waals surface area (Å²) in [6.07, 6.45) is -0.467. The third kappa shape index (κ3) is 2.99. The molecule has 20 heavy (non-hydrogen) atoms. The number of benzene rings is 2. The van der Waals surface area contributed by atoms with E-state index >= 15 is 0 Å². The summed E-state index contributed by atoms with van der Waals surface area (Å²) in [4.78, 5) is 0. The monoisotopic (exact) mass is 279 g/mol. The van der Waals surface area contributed by atoms with Crippen molar-refractivity contribution >= 4 is 5.69 Å². The highest BCUT2D eigenvalue weighted by atomic mass is 19.1.